The van der Waals surface area contributed by atoms with Crippen molar-refractivity contribution in [1.82, 2.24) is 4.81 Å². The molecule has 14 heavy (non-hydrogen) atoms. The zero-order valence-corrected chi connectivity index (χ0v) is 7.29. The zero-order valence-electron chi connectivity index (χ0n) is 7.29. The van der Waals surface area contributed by atoms with Gasteiger partial charge in [0.1, 0.15) is 11.8 Å². The number of hydrogen-bond donors (Lipinski definition) is 4. The lowest BCUT2D eigenvalue weighted by Crippen LogP contribution is -2.42. The molecule has 7 heteroatoms. The topological polar surface area (TPSA) is 107 Å². The number of carbonyl (C=O) groups is 1. The molecular formula is C7H10BN2O4. The number of carboxylic acid groups (broad SMARTS) is 1. The lowest BCUT2D eigenvalue weighted by Gasteiger charge is -2.23. The molecule has 1 aliphatic heterocycles. The van der Waals surface area contributed by atoms with E-state index in [-0.39, 0.29) is 18.1 Å². The summed E-state index contributed by atoms with van der Waals surface area (Å²) < 4.78 is 0. The number of hydrogen-bond acceptors (Lipinski definition) is 5. The Kier molecular flexibility index (Phi) is 3.03. The number of aliphatic hydroxyl groups excluding tert-OH is 2. The summed E-state index contributed by atoms with van der Waals surface area (Å²) in [6, 6.07) is -1.04. The number of carboxylic acids is 1. The van der Waals surface area contributed by atoms with Crippen LogP contribution in [-0.4, -0.2) is 46.1 Å². The van der Waals surface area contributed by atoms with Crippen LogP contribution in [0.25, 0.3) is 0 Å². The summed E-state index contributed by atoms with van der Waals surface area (Å²) in [7, 11) is 1.43. The van der Waals surface area contributed by atoms with Crippen molar-refractivity contribution >= 4 is 13.4 Å². The van der Waals surface area contributed by atoms with Crippen molar-refractivity contribution in [2.24, 2.45) is 5.73 Å². The third-order valence-corrected chi connectivity index (χ3v) is 1.70. The molecule has 0 aromatic rings. The molecule has 1 rings (SSSR count). The largest absolute Gasteiger partial charge is 0.505 e. The van der Waals surface area contributed by atoms with Gasteiger partial charge in [0.25, 0.3) is 7.41 Å². The average molecular weight is 197 g/mol. The molecule has 0 aliphatic carbocycles. The third-order valence-electron chi connectivity index (χ3n) is 1.70. The molecule has 0 saturated carbocycles. The van der Waals surface area contributed by atoms with E-state index in [0.29, 0.717) is 0 Å². The molecule has 6 nitrogen and oxygen atoms in total. The van der Waals surface area contributed by atoms with Crippen LogP contribution in [0.5, 0.6) is 0 Å². The Hall–Kier alpha value is -1.63. The Morgan fingerprint density at radius 3 is 2.71 bits per heavy atom. The molecule has 1 aliphatic rings. The lowest BCUT2D eigenvalue weighted by molar-refractivity contribution is -0.138. The van der Waals surface area contributed by atoms with Crippen LogP contribution in [0.2, 0.25) is 0 Å². The summed E-state index contributed by atoms with van der Waals surface area (Å²) in [6.45, 7) is 0.0309. The Morgan fingerprint density at radius 1 is 1.57 bits per heavy atom. The zero-order chi connectivity index (χ0) is 10.7. The van der Waals surface area contributed by atoms with E-state index in [4.69, 9.17) is 21.1 Å². The SMILES string of the molecule is NC(CN1[B]C=C(O)C(O)=C1)C(=O)O. The first-order valence-electron chi connectivity index (χ1n) is 3.90. The Bertz CT molecular complexity index is 302. The van der Waals surface area contributed by atoms with Gasteiger partial charge in [-0.15, -0.1) is 0 Å². The number of nitrogens with zero attached hydrogens (tertiary/aromatic N) is 1. The van der Waals surface area contributed by atoms with Gasteiger partial charge in [-0.1, -0.05) is 5.98 Å². The maximum Gasteiger partial charge on any atom is 0.322 e. The second kappa shape index (κ2) is 4.06. The standard InChI is InChI=1S/C7H10BN2O4/c9-4(7(13)14)2-10-3-6(12)5(11)1-8-10/h1,3-4,11-12H,2,9H2,(H,13,14). The van der Waals surface area contributed by atoms with Crippen molar-refractivity contribution in [3.63, 3.8) is 0 Å². The predicted molar refractivity (Wildman–Crippen MR) is 49.5 cm³/mol. The van der Waals surface area contributed by atoms with E-state index in [1.54, 1.807) is 0 Å². The van der Waals surface area contributed by atoms with E-state index in [1.165, 1.54) is 24.4 Å². The van der Waals surface area contributed by atoms with Gasteiger partial charge in [0.2, 0.25) is 0 Å². The van der Waals surface area contributed by atoms with E-state index in [1.807, 2.05) is 0 Å². The highest BCUT2D eigenvalue weighted by Gasteiger charge is 2.18. The van der Waals surface area contributed by atoms with E-state index in [9.17, 15) is 4.79 Å². The fraction of sp³-hybridized carbons (Fsp3) is 0.286. The van der Waals surface area contributed by atoms with Crippen LogP contribution < -0.4 is 5.73 Å². The minimum absolute atomic E-state index is 0.0309. The van der Waals surface area contributed by atoms with Crippen LogP contribution in [0.1, 0.15) is 0 Å². The smallest absolute Gasteiger partial charge is 0.322 e. The fourth-order valence-corrected chi connectivity index (χ4v) is 0.937. The first-order chi connectivity index (χ1) is 6.50. The summed E-state index contributed by atoms with van der Waals surface area (Å²) in [5.41, 5.74) is 5.27. The molecule has 1 radical (unpaired) electrons. The molecule has 75 valence electrons. The van der Waals surface area contributed by atoms with Gasteiger partial charge >= 0.3 is 5.97 Å². The van der Waals surface area contributed by atoms with Crippen LogP contribution in [0.3, 0.4) is 0 Å². The van der Waals surface area contributed by atoms with Crippen LogP contribution in [-0.2, 0) is 4.79 Å². The number of nitrogens with two attached hydrogens (primary N) is 1. The van der Waals surface area contributed by atoms with E-state index in [0.717, 1.165) is 0 Å². The van der Waals surface area contributed by atoms with Crippen molar-refractivity contribution in [3.8, 4) is 0 Å². The van der Waals surface area contributed by atoms with Gasteiger partial charge in [-0.2, -0.15) is 0 Å². The fourth-order valence-electron chi connectivity index (χ4n) is 0.937. The van der Waals surface area contributed by atoms with Crippen molar-refractivity contribution in [1.29, 1.82) is 0 Å². The van der Waals surface area contributed by atoms with Crippen molar-refractivity contribution < 1.29 is 20.1 Å². The van der Waals surface area contributed by atoms with Gasteiger partial charge in [-0.3, -0.25) is 4.79 Å². The quantitative estimate of drug-likeness (QED) is 0.438. The first-order valence-corrected chi connectivity index (χ1v) is 3.90. The lowest BCUT2D eigenvalue weighted by atomic mass is 9.87. The summed E-state index contributed by atoms with van der Waals surface area (Å²) in [5, 5.41) is 26.6. The molecule has 1 heterocycles. The number of aliphatic hydroxyl groups is 2. The van der Waals surface area contributed by atoms with Crippen LogP contribution >= 0.6 is 0 Å². The highest BCUT2D eigenvalue weighted by atomic mass is 16.4. The highest BCUT2D eigenvalue weighted by Crippen LogP contribution is 2.09. The average Bonchev–Trinajstić information content (AvgIpc) is 2.11. The van der Waals surface area contributed by atoms with E-state index >= 15 is 0 Å². The normalized spacial score (nSPS) is 17.9. The predicted octanol–water partition coefficient (Wildman–Crippen LogP) is -0.868. The maximum atomic E-state index is 10.4. The molecular weight excluding hydrogens is 187 g/mol. The maximum absolute atomic E-state index is 10.4. The van der Waals surface area contributed by atoms with Crippen LogP contribution in [0.4, 0.5) is 0 Å². The summed E-state index contributed by atoms with van der Waals surface area (Å²) >= 11 is 0. The summed E-state index contributed by atoms with van der Waals surface area (Å²) in [6.07, 6.45) is 1.21. The van der Waals surface area contributed by atoms with E-state index in [2.05, 4.69) is 0 Å². The third kappa shape index (κ3) is 2.43. The molecule has 0 fully saturated rings. The molecule has 1 unspecified atom stereocenters. The van der Waals surface area contributed by atoms with Crippen molar-refractivity contribution in [2.75, 3.05) is 6.54 Å². The van der Waals surface area contributed by atoms with Crippen LogP contribution in [0.15, 0.2) is 23.7 Å². The number of rotatable bonds is 3. The molecule has 0 aromatic heterocycles. The van der Waals surface area contributed by atoms with Gasteiger partial charge in [-0.25, -0.2) is 0 Å². The first kappa shape index (κ1) is 10.5. The van der Waals surface area contributed by atoms with Crippen LogP contribution in [0, 0.1) is 0 Å². The molecule has 0 amide bonds. The van der Waals surface area contributed by atoms with Gasteiger partial charge in [0, 0.05) is 12.7 Å². The summed E-state index contributed by atoms with van der Waals surface area (Å²) in [4.78, 5) is 11.8. The molecule has 1 atom stereocenters. The second-order valence-corrected chi connectivity index (χ2v) is 2.86. The van der Waals surface area contributed by atoms with E-state index < -0.39 is 12.0 Å². The van der Waals surface area contributed by atoms with Gasteiger partial charge in [0.05, 0.1) is 0 Å². The molecule has 0 spiro atoms. The minimum atomic E-state index is -1.12. The Morgan fingerprint density at radius 2 is 2.21 bits per heavy atom. The Labute approximate surface area is 81.2 Å². The molecule has 0 saturated heterocycles. The van der Waals surface area contributed by atoms with Gasteiger partial charge in [0.15, 0.2) is 5.76 Å². The van der Waals surface area contributed by atoms with Gasteiger partial charge < -0.3 is 25.9 Å². The summed E-state index contributed by atoms with van der Waals surface area (Å²) in [5.74, 6) is -0.440. The number of aliphatic carboxylic acids is 1. The molecule has 0 aromatic carbocycles. The monoisotopic (exact) mass is 197 g/mol. The molecule has 0 bridgehead atoms. The van der Waals surface area contributed by atoms with Crippen molar-refractivity contribution in [3.05, 3.63) is 23.7 Å². The molecule has 5 N–H and O–H groups in total. The highest BCUT2D eigenvalue weighted by molar-refractivity contribution is 6.40. The minimum Gasteiger partial charge on any atom is -0.505 e. The van der Waals surface area contributed by atoms with Gasteiger partial charge in [-0.05, 0) is 0 Å². The second-order valence-electron chi connectivity index (χ2n) is 2.86. The Balaban J connectivity index is 2.54. The van der Waals surface area contributed by atoms with Crippen molar-refractivity contribution in [2.45, 2.75) is 6.04 Å².